The molecule has 6 rings (SSSR count). The van der Waals surface area contributed by atoms with Gasteiger partial charge in [0.15, 0.2) is 5.82 Å². The van der Waals surface area contributed by atoms with Gasteiger partial charge in [-0.25, -0.2) is 33.9 Å². The minimum Gasteiger partial charge on any atom is -0.453 e. The number of hydrogen-bond donors (Lipinski definition) is 4. The molecule has 0 radical (unpaired) electrons. The highest BCUT2D eigenvalue weighted by molar-refractivity contribution is 5.87. The molecule has 4 amide bonds. The highest BCUT2D eigenvalue weighted by Gasteiger charge is 2.40. The zero-order valence-electron chi connectivity index (χ0n) is 31.7. The minimum atomic E-state index is -1.23. The van der Waals surface area contributed by atoms with Crippen molar-refractivity contribution in [3.05, 3.63) is 60.5 Å². The molecule has 0 bridgehead atoms. The van der Waals surface area contributed by atoms with Crippen LogP contribution in [0.2, 0.25) is 0 Å². The highest BCUT2D eigenvalue weighted by Crippen LogP contribution is 2.35. The summed E-state index contributed by atoms with van der Waals surface area (Å²) in [6.07, 6.45) is 4.67. The number of imidazole rings is 2. The van der Waals surface area contributed by atoms with Crippen LogP contribution in [0.15, 0.2) is 43.0 Å². The number of methoxy groups -OCH3 is 3. The Bertz CT molecular complexity index is 2040. The summed E-state index contributed by atoms with van der Waals surface area (Å²) in [6.45, 7) is 4.19. The Balaban J connectivity index is 1.13. The van der Waals surface area contributed by atoms with Crippen molar-refractivity contribution in [2.24, 2.45) is 5.73 Å². The number of carbonyl (C=O) groups is 4. The lowest BCUT2D eigenvalue weighted by Crippen LogP contribution is -2.54. The van der Waals surface area contributed by atoms with Gasteiger partial charge in [0.1, 0.15) is 29.6 Å². The molecule has 5 N–H and O–H groups in total. The SMILES string of the molecule is COC(=O)N[C@H](C(=O)N1CCC[C@H]1c1ncc(-c2cnc(-c3ccc(-c4cnc([C@@H]5CCCN5C(=O)[C@@H](OC(N)=O)[C@@H](C)OC)[nH]4)c(F)c3)nc2)[nH]1)[C@@H](C)OC. The van der Waals surface area contributed by atoms with Crippen LogP contribution in [0.4, 0.5) is 14.0 Å². The molecule has 0 saturated carbocycles. The number of nitrogens with one attached hydrogen (secondary N) is 3. The molecule has 56 heavy (non-hydrogen) atoms. The summed E-state index contributed by atoms with van der Waals surface area (Å²) >= 11 is 0. The molecule has 2 saturated heterocycles. The second-order valence-corrected chi connectivity index (χ2v) is 13.6. The number of nitrogens with two attached hydrogens (primary N) is 1. The molecule has 0 unspecified atom stereocenters. The third-order valence-corrected chi connectivity index (χ3v) is 10.2. The number of H-pyrrole nitrogens is 2. The largest absolute Gasteiger partial charge is 0.453 e. The number of rotatable bonds is 13. The first-order valence-corrected chi connectivity index (χ1v) is 18.1. The van der Waals surface area contributed by atoms with E-state index in [-0.39, 0.29) is 17.5 Å². The van der Waals surface area contributed by atoms with Crippen LogP contribution in [0.5, 0.6) is 0 Å². The Hall–Kier alpha value is -5.95. The van der Waals surface area contributed by atoms with Gasteiger partial charge in [0, 0.05) is 56.4 Å². The fourth-order valence-electron chi connectivity index (χ4n) is 7.05. The van der Waals surface area contributed by atoms with E-state index in [0.717, 1.165) is 6.42 Å². The van der Waals surface area contributed by atoms with E-state index >= 15 is 4.39 Å². The number of likely N-dealkylation sites (tertiary alicyclic amines) is 2. The third-order valence-electron chi connectivity index (χ3n) is 10.2. The Morgan fingerprint density at radius 2 is 1.41 bits per heavy atom. The smallest absolute Gasteiger partial charge is 0.407 e. The van der Waals surface area contributed by atoms with Crippen LogP contribution in [-0.2, 0) is 28.5 Å². The number of halogens is 1. The molecule has 298 valence electrons. The molecule has 0 aliphatic carbocycles. The van der Waals surface area contributed by atoms with Gasteiger partial charge in [0.05, 0.1) is 49.1 Å². The maximum Gasteiger partial charge on any atom is 0.407 e. The van der Waals surface area contributed by atoms with E-state index in [9.17, 15) is 19.2 Å². The number of aromatic nitrogens is 6. The fraction of sp³-hybridized carbons (Fsp3) is 0.459. The lowest BCUT2D eigenvalue weighted by atomic mass is 10.1. The van der Waals surface area contributed by atoms with Gasteiger partial charge in [0.2, 0.25) is 12.0 Å². The molecule has 5 heterocycles. The number of ether oxygens (including phenoxy) is 4. The maximum absolute atomic E-state index is 15.6. The molecule has 3 aromatic heterocycles. The Morgan fingerprint density at radius 3 is 1.98 bits per heavy atom. The molecule has 1 aromatic carbocycles. The van der Waals surface area contributed by atoms with Gasteiger partial charge in [0.25, 0.3) is 5.91 Å². The summed E-state index contributed by atoms with van der Waals surface area (Å²) < 4.78 is 36.0. The van der Waals surface area contributed by atoms with Crippen LogP contribution in [0.3, 0.4) is 0 Å². The Labute approximate surface area is 321 Å². The van der Waals surface area contributed by atoms with Gasteiger partial charge in [-0.05, 0) is 51.7 Å². The topological polar surface area (TPSA) is 233 Å². The second kappa shape index (κ2) is 17.2. The predicted octanol–water partition coefficient (Wildman–Crippen LogP) is 3.65. The lowest BCUT2D eigenvalue weighted by Gasteiger charge is -2.30. The van der Waals surface area contributed by atoms with Crippen LogP contribution in [0.25, 0.3) is 33.9 Å². The third kappa shape index (κ3) is 8.32. The van der Waals surface area contributed by atoms with Crippen molar-refractivity contribution >= 4 is 24.0 Å². The summed E-state index contributed by atoms with van der Waals surface area (Å²) in [6, 6.07) is 2.88. The summed E-state index contributed by atoms with van der Waals surface area (Å²) in [5, 5.41) is 2.58. The molecule has 2 fully saturated rings. The molecule has 2 aliphatic rings. The minimum absolute atomic E-state index is 0.261. The van der Waals surface area contributed by atoms with Crippen LogP contribution in [0.1, 0.15) is 63.3 Å². The first-order valence-electron chi connectivity index (χ1n) is 18.1. The van der Waals surface area contributed by atoms with Crippen molar-refractivity contribution in [1.29, 1.82) is 0 Å². The lowest BCUT2D eigenvalue weighted by molar-refractivity contribution is -0.148. The van der Waals surface area contributed by atoms with E-state index < -0.39 is 54.3 Å². The van der Waals surface area contributed by atoms with E-state index in [1.807, 2.05) is 0 Å². The van der Waals surface area contributed by atoms with Gasteiger partial charge >= 0.3 is 12.2 Å². The van der Waals surface area contributed by atoms with Crippen LogP contribution in [-0.4, -0.2) is 122 Å². The normalized spacial score (nSPS) is 19.0. The number of nitrogens with zero attached hydrogens (tertiary/aromatic N) is 6. The molecular weight excluding hydrogens is 731 g/mol. The quantitative estimate of drug-likeness (QED) is 0.152. The second-order valence-electron chi connectivity index (χ2n) is 13.6. The van der Waals surface area contributed by atoms with Gasteiger partial charge in [-0.3, -0.25) is 9.59 Å². The van der Waals surface area contributed by atoms with E-state index in [1.165, 1.54) is 33.6 Å². The van der Waals surface area contributed by atoms with Crippen molar-refractivity contribution in [3.8, 4) is 33.9 Å². The van der Waals surface area contributed by atoms with Gasteiger partial charge in [-0.1, -0.05) is 6.07 Å². The van der Waals surface area contributed by atoms with Gasteiger partial charge in [-0.2, -0.15) is 0 Å². The van der Waals surface area contributed by atoms with Crippen LogP contribution >= 0.6 is 0 Å². The molecule has 4 aromatic rings. The van der Waals surface area contributed by atoms with E-state index in [2.05, 4.69) is 35.2 Å². The highest BCUT2D eigenvalue weighted by atomic mass is 19.1. The van der Waals surface area contributed by atoms with Gasteiger partial charge in [-0.15, -0.1) is 0 Å². The summed E-state index contributed by atoms with van der Waals surface area (Å²) in [4.78, 5) is 78.1. The molecule has 19 heteroatoms. The molecule has 0 spiro atoms. The van der Waals surface area contributed by atoms with Crippen LogP contribution in [0, 0.1) is 5.82 Å². The van der Waals surface area contributed by atoms with Crippen molar-refractivity contribution in [2.75, 3.05) is 34.4 Å². The maximum atomic E-state index is 15.6. The number of benzene rings is 1. The first kappa shape index (κ1) is 39.7. The monoisotopic (exact) mass is 776 g/mol. The number of primary amides is 1. The number of hydrogen-bond acceptors (Lipinski definition) is 12. The fourth-order valence-corrected chi connectivity index (χ4v) is 7.05. The van der Waals surface area contributed by atoms with Crippen molar-refractivity contribution in [2.45, 2.75) is 76.0 Å². The van der Waals surface area contributed by atoms with Crippen molar-refractivity contribution in [3.63, 3.8) is 0 Å². The van der Waals surface area contributed by atoms with E-state index in [0.29, 0.717) is 72.3 Å². The van der Waals surface area contributed by atoms with Gasteiger partial charge < -0.3 is 49.8 Å². The molecular formula is C37H45FN10O8. The average molecular weight is 777 g/mol. The van der Waals surface area contributed by atoms with Crippen LogP contribution < -0.4 is 11.1 Å². The average Bonchev–Trinajstić information content (AvgIpc) is 4.05. The zero-order valence-corrected chi connectivity index (χ0v) is 31.7. The summed E-state index contributed by atoms with van der Waals surface area (Å²) in [7, 11) is 4.09. The number of alkyl carbamates (subject to hydrolysis) is 1. The van der Waals surface area contributed by atoms with E-state index in [1.54, 1.807) is 54.4 Å². The molecule has 18 nitrogen and oxygen atoms in total. The molecule has 2 aliphatic heterocycles. The number of aromatic amines is 2. The van der Waals surface area contributed by atoms with E-state index in [4.69, 9.17) is 24.7 Å². The number of carbonyl (C=O) groups excluding carboxylic acids is 4. The molecule has 6 atom stereocenters. The predicted molar refractivity (Wildman–Crippen MR) is 197 cm³/mol. The Kier molecular flexibility index (Phi) is 12.2. The van der Waals surface area contributed by atoms with Crippen molar-refractivity contribution in [1.82, 2.24) is 45.0 Å². The summed E-state index contributed by atoms with van der Waals surface area (Å²) in [5.74, 6) is 0.0311. The number of amides is 4. The van der Waals surface area contributed by atoms with Crippen molar-refractivity contribution < 1.29 is 42.5 Å². The first-order chi connectivity index (χ1) is 26.9. The Morgan fingerprint density at radius 1 is 0.821 bits per heavy atom. The summed E-state index contributed by atoms with van der Waals surface area (Å²) in [5.41, 5.74) is 7.59. The standard InChI is InChI=1S/C37H45FN10O8/c1-19(53-3)29(46-37(52)55-5)34(49)47-12-6-8-27(47)32-42-17-25(44-32)22-15-40-31(41-16-22)21-10-11-23(24(38)14-21)26-18-43-33(45-26)28-9-7-13-48(28)35(50)30(20(2)54-4)56-36(39)51/h10-11,14-20,27-30H,6-9,12-13H2,1-5H3,(H2,39,51)(H,42,44)(H,43,45)(H,46,52)/t19-,20-,27+,28+,29+,30+/m1/s1. The zero-order chi connectivity index (χ0) is 40.1.